The van der Waals surface area contributed by atoms with Gasteiger partial charge in [-0.1, -0.05) is 6.42 Å². The largest absolute Gasteiger partial charge is 0.399 e. The number of sulfonamides is 1. The number of nitrogens with two attached hydrogens (primary N) is 1. The third-order valence-corrected chi connectivity index (χ3v) is 6.11. The van der Waals surface area contributed by atoms with E-state index in [-0.39, 0.29) is 10.9 Å². The maximum absolute atomic E-state index is 12.4. The Balaban J connectivity index is 2.39. The SMILES string of the molecule is CN(C1CCC1)S(=O)(=O)c1cc(N)ccc1Br. The van der Waals surface area contributed by atoms with Crippen LogP contribution in [0.15, 0.2) is 27.6 Å². The number of benzene rings is 1. The van der Waals surface area contributed by atoms with E-state index >= 15 is 0 Å². The van der Waals surface area contributed by atoms with Crippen LogP contribution in [0.4, 0.5) is 5.69 Å². The van der Waals surface area contributed by atoms with Crippen LogP contribution in [0.25, 0.3) is 0 Å². The summed E-state index contributed by atoms with van der Waals surface area (Å²) in [5.41, 5.74) is 6.10. The first-order valence-corrected chi connectivity index (χ1v) is 7.69. The fourth-order valence-electron chi connectivity index (χ4n) is 1.82. The van der Waals surface area contributed by atoms with Crippen LogP contribution in [-0.2, 0) is 10.0 Å². The summed E-state index contributed by atoms with van der Waals surface area (Å²) in [5.74, 6) is 0. The Hall–Kier alpha value is -0.590. The Bertz CT molecular complexity index is 526. The third kappa shape index (κ3) is 2.34. The quantitative estimate of drug-likeness (QED) is 0.869. The smallest absolute Gasteiger partial charge is 0.244 e. The molecule has 1 saturated carbocycles. The second kappa shape index (κ2) is 4.59. The molecule has 2 rings (SSSR count). The highest BCUT2D eigenvalue weighted by atomic mass is 79.9. The van der Waals surface area contributed by atoms with Crippen molar-refractivity contribution in [1.29, 1.82) is 0 Å². The van der Waals surface area contributed by atoms with E-state index in [0.717, 1.165) is 19.3 Å². The van der Waals surface area contributed by atoms with Gasteiger partial charge in [-0.25, -0.2) is 8.42 Å². The van der Waals surface area contributed by atoms with Gasteiger partial charge in [0.15, 0.2) is 0 Å². The number of halogens is 1. The highest BCUT2D eigenvalue weighted by molar-refractivity contribution is 9.10. The summed E-state index contributed by atoms with van der Waals surface area (Å²) >= 11 is 3.26. The molecule has 0 saturated heterocycles. The molecule has 2 N–H and O–H groups in total. The minimum absolute atomic E-state index is 0.133. The Morgan fingerprint density at radius 1 is 1.41 bits per heavy atom. The first kappa shape index (κ1) is 12.9. The van der Waals surface area contributed by atoms with Gasteiger partial charge in [-0.2, -0.15) is 4.31 Å². The van der Waals surface area contributed by atoms with Crippen molar-refractivity contribution >= 4 is 31.6 Å². The van der Waals surface area contributed by atoms with Crippen LogP contribution in [0.1, 0.15) is 19.3 Å². The number of hydrogen-bond donors (Lipinski definition) is 1. The van der Waals surface area contributed by atoms with Gasteiger partial charge in [-0.3, -0.25) is 0 Å². The molecule has 1 aromatic carbocycles. The van der Waals surface area contributed by atoms with Crippen molar-refractivity contribution in [2.45, 2.75) is 30.2 Å². The molecule has 0 amide bonds. The Morgan fingerprint density at radius 3 is 2.59 bits per heavy atom. The predicted molar refractivity (Wildman–Crippen MR) is 71.1 cm³/mol. The standard InChI is InChI=1S/C11H15BrN2O2S/c1-14(9-3-2-4-9)17(15,16)11-7-8(13)5-6-10(11)12/h5-7,9H,2-4,13H2,1H3. The molecule has 94 valence electrons. The highest BCUT2D eigenvalue weighted by Gasteiger charge is 2.32. The zero-order chi connectivity index (χ0) is 12.6. The maximum atomic E-state index is 12.4. The first-order valence-electron chi connectivity index (χ1n) is 5.46. The Labute approximate surface area is 110 Å². The summed E-state index contributed by atoms with van der Waals surface area (Å²) in [4.78, 5) is 0.243. The van der Waals surface area contributed by atoms with Crippen LogP contribution in [0, 0.1) is 0 Å². The van der Waals surface area contributed by atoms with Gasteiger partial charge in [0.05, 0.1) is 4.90 Å². The lowest BCUT2D eigenvalue weighted by molar-refractivity contribution is 0.249. The zero-order valence-electron chi connectivity index (χ0n) is 9.56. The van der Waals surface area contributed by atoms with E-state index in [1.807, 2.05) is 0 Å². The topological polar surface area (TPSA) is 63.4 Å². The molecule has 0 radical (unpaired) electrons. The molecule has 1 aromatic rings. The molecule has 1 fully saturated rings. The maximum Gasteiger partial charge on any atom is 0.244 e. The molecule has 0 atom stereocenters. The highest BCUT2D eigenvalue weighted by Crippen LogP contribution is 2.32. The lowest BCUT2D eigenvalue weighted by atomic mass is 9.94. The minimum atomic E-state index is -3.45. The van der Waals surface area contributed by atoms with Crippen molar-refractivity contribution in [3.63, 3.8) is 0 Å². The minimum Gasteiger partial charge on any atom is -0.399 e. The van der Waals surface area contributed by atoms with Gasteiger partial charge in [0.25, 0.3) is 0 Å². The monoisotopic (exact) mass is 318 g/mol. The van der Waals surface area contributed by atoms with E-state index in [0.29, 0.717) is 10.2 Å². The lowest BCUT2D eigenvalue weighted by Gasteiger charge is -2.34. The van der Waals surface area contributed by atoms with Gasteiger partial charge in [-0.15, -0.1) is 0 Å². The van der Waals surface area contributed by atoms with Crippen LogP contribution in [0.2, 0.25) is 0 Å². The molecule has 0 bridgehead atoms. The molecule has 1 aliphatic carbocycles. The number of hydrogen-bond acceptors (Lipinski definition) is 3. The van der Waals surface area contributed by atoms with Gasteiger partial charge >= 0.3 is 0 Å². The van der Waals surface area contributed by atoms with Gasteiger partial charge in [0.1, 0.15) is 0 Å². The van der Waals surface area contributed by atoms with Gasteiger partial charge in [0, 0.05) is 23.2 Å². The second-order valence-corrected chi connectivity index (χ2v) is 7.12. The van der Waals surface area contributed by atoms with Crippen LogP contribution < -0.4 is 5.73 Å². The van der Waals surface area contributed by atoms with Crippen molar-refractivity contribution < 1.29 is 8.42 Å². The van der Waals surface area contributed by atoms with Crippen molar-refractivity contribution in [2.75, 3.05) is 12.8 Å². The summed E-state index contributed by atoms with van der Waals surface area (Å²) in [6.45, 7) is 0. The average molecular weight is 319 g/mol. The molecular formula is C11H15BrN2O2S. The van der Waals surface area contributed by atoms with Gasteiger partial charge in [-0.05, 0) is 47.0 Å². The normalized spacial score (nSPS) is 17.1. The summed E-state index contributed by atoms with van der Waals surface area (Å²) < 4.78 is 26.8. The van der Waals surface area contributed by atoms with Crippen molar-refractivity contribution in [1.82, 2.24) is 4.31 Å². The van der Waals surface area contributed by atoms with Crippen LogP contribution in [0.5, 0.6) is 0 Å². The Morgan fingerprint density at radius 2 is 2.06 bits per heavy atom. The van der Waals surface area contributed by atoms with E-state index in [1.165, 1.54) is 10.4 Å². The van der Waals surface area contributed by atoms with E-state index in [1.54, 1.807) is 19.2 Å². The van der Waals surface area contributed by atoms with E-state index in [9.17, 15) is 8.42 Å². The molecule has 0 heterocycles. The third-order valence-electron chi connectivity index (χ3n) is 3.20. The molecule has 6 heteroatoms. The number of anilines is 1. The number of nitrogens with zero attached hydrogens (tertiary/aromatic N) is 1. The van der Waals surface area contributed by atoms with Gasteiger partial charge in [0.2, 0.25) is 10.0 Å². The predicted octanol–water partition coefficient (Wildman–Crippen LogP) is 2.20. The van der Waals surface area contributed by atoms with E-state index in [2.05, 4.69) is 15.9 Å². The molecule has 17 heavy (non-hydrogen) atoms. The summed E-state index contributed by atoms with van der Waals surface area (Å²) in [6.07, 6.45) is 2.98. The Kier molecular flexibility index (Phi) is 3.47. The molecule has 4 nitrogen and oxygen atoms in total. The first-order chi connectivity index (χ1) is 7.93. The second-order valence-electron chi connectivity index (χ2n) is 4.30. The summed E-state index contributed by atoms with van der Waals surface area (Å²) in [7, 11) is -1.81. The number of nitrogen functional groups attached to an aromatic ring is 1. The molecule has 0 aromatic heterocycles. The van der Waals surface area contributed by atoms with Gasteiger partial charge < -0.3 is 5.73 Å². The van der Waals surface area contributed by atoms with Crippen molar-refractivity contribution in [3.8, 4) is 0 Å². The summed E-state index contributed by atoms with van der Waals surface area (Å²) in [6, 6.07) is 4.96. The average Bonchev–Trinajstić information content (AvgIpc) is 2.19. The van der Waals surface area contributed by atoms with Crippen molar-refractivity contribution in [3.05, 3.63) is 22.7 Å². The lowest BCUT2D eigenvalue weighted by Crippen LogP contribution is -2.41. The fraction of sp³-hybridized carbons (Fsp3) is 0.455. The van der Waals surface area contributed by atoms with E-state index in [4.69, 9.17) is 5.73 Å². The summed E-state index contributed by atoms with van der Waals surface area (Å²) in [5, 5.41) is 0. The number of rotatable bonds is 3. The molecule has 0 spiro atoms. The molecule has 1 aliphatic rings. The molecule has 0 unspecified atom stereocenters. The zero-order valence-corrected chi connectivity index (χ0v) is 12.0. The van der Waals surface area contributed by atoms with Crippen LogP contribution >= 0.6 is 15.9 Å². The molecular weight excluding hydrogens is 304 g/mol. The van der Waals surface area contributed by atoms with E-state index < -0.39 is 10.0 Å². The van der Waals surface area contributed by atoms with Crippen molar-refractivity contribution in [2.24, 2.45) is 0 Å². The molecule has 0 aliphatic heterocycles. The van der Waals surface area contributed by atoms with Crippen LogP contribution in [0.3, 0.4) is 0 Å². The fourth-order valence-corrected chi connectivity index (χ4v) is 4.19. The van der Waals surface area contributed by atoms with Crippen LogP contribution in [-0.4, -0.2) is 25.8 Å².